The predicted octanol–water partition coefficient (Wildman–Crippen LogP) is 1.56. The van der Waals surface area contributed by atoms with Crippen LogP contribution in [0.25, 0.3) is 0 Å². The van der Waals surface area contributed by atoms with Crippen LogP contribution in [-0.4, -0.2) is 48.6 Å². The van der Waals surface area contributed by atoms with Crippen LogP contribution in [0.4, 0.5) is 0 Å². The van der Waals surface area contributed by atoms with Gasteiger partial charge in [0.25, 0.3) is 0 Å². The first-order valence-electron chi connectivity index (χ1n) is 7.51. The van der Waals surface area contributed by atoms with Gasteiger partial charge in [-0.1, -0.05) is 27.7 Å². The number of carbonyl (C=O) groups is 2. The summed E-state index contributed by atoms with van der Waals surface area (Å²) in [5.74, 6) is 0.0589. The molecule has 0 aliphatic carbocycles. The van der Waals surface area contributed by atoms with E-state index >= 15 is 0 Å². The van der Waals surface area contributed by atoms with E-state index in [2.05, 4.69) is 5.32 Å². The molecule has 1 amide bonds. The molecule has 1 saturated heterocycles. The Kier molecular flexibility index (Phi) is 6.46. The summed E-state index contributed by atoms with van der Waals surface area (Å²) in [6, 6.07) is -0.377. The molecule has 5 nitrogen and oxygen atoms in total. The average Bonchev–Trinajstić information content (AvgIpc) is 2.37. The largest absolute Gasteiger partial charge is 0.467 e. The number of methoxy groups -OCH3 is 1. The van der Waals surface area contributed by atoms with Gasteiger partial charge in [-0.15, -0.1) is 0 Å². The van der Waals surface area contributed by atoms with E-state index in [1.165, 1.54) is 7.11 Å². The number of hydrogen-bond acceptors (Lipinski definition) is 4. The average molecular weight is 284 g/mol. The van der Waals surface area contributed by atoms with Crippen LogP contribution in [0.5, 0.6) is 0 Å². The normalized spacial score (nSPS) is 21.4. The molecule has 1 aliphatic rings. The van der Waals surface area contributed by atoms with Crippen LogP contribution in [0.2, 0.25) is 0 Å². The summed E-state index contributed by atoms with van der Waals surface area (Å²) < 4.78 is 4.88. The van der Waals surface area contributed by atoms with Crippen LogP contribution >= 0.6 is 0 Å². The molecule has 1 rings (SSSR count). The van der Waals surface area contributed by atoms with Gasteiger partial charge in [-0.2, -0.15) is 0 Å². The van der Waals surface area contributed by atoms with Crippen molar-refractivity contribution in [1.82, 2.24) is 10.2 Å². The van der Waals surface area contributed by atoms with Crippen LogP contribution in [-0.2, 0) is 14.3 Å². The lowest BCUT2D eigenvalue weighted by Crippen LogP contribution is -2.57. The minimum Gasteiger partial charge on any atom is -0.467 e. The van der Waals surface area contributed by atoms with E-state index in [1.54, 1.807) is 4.90 Å². The first kappa shape index (κ1) is 17.0. The molecule has 20 heavy (non-hydrogen) atoms. The maximum absolute atomic E-state index is 12.6. The third kappa shape index (κ3) is 4.47. The molecule has 116 valence electrons. The summed E-state index contributed by atoms with van der Waals surface area (Å²) in [5, 5.41) is 3.28. The number of ether oxygens (including phenoxy) is 1. The van der Waals surface area contributed by atoms with Crippen molar-refractivity contribution >= 4 is 11.9 Å². The van der Waals surface area contributed by atoms with Crippen molar-refractivity contribution < 1.29 is 14.3 Å². The Morgan fingerprint density at radius 3 is 2.55 bits per heavy atom. The number of rotatable bonds is 6. The molecule has 0 radical (unpaired) electrons. The van der Waals surface area contributed by atoms with E-state index in [0.29, 0.717) is 18.9 Å². The Morgan fingerprint density at radius 1 is 1.40 bits per heavy atom. The van der Waals surface area contributed by atoms with Crippen molar-refractivity contribution in [2.24, 2.45) is 5.92 Å². The quantitative estimate of drug-likeness (QED) is 0.752. The van der Waals surface area contributed by atoms with Gasteiger partial charge in [-0.3, -0.25) is 4.79 Å². The molecule has 2 unspecified atom stereocenters. The Labute approximate surface area is 122 Å². The number of nitrogens with one attached hydrogen (secondary N) is 1. The number of amides is 1. The molecule has 0 aromatic carbocycles. The molecule has 0 spiro atoms. The third-order valence-corrected chi connectivity index (χ3v) is 3.55. The number of hydrogen-bond donors (Lipinski definition) is 1. The molecule has 1 aliphatic heterocycles. The molecule has 2 atom stereocenters. The Morgan fingerprint density at radius 2 is 2.05 bits per heavy atom. The summed E-state index contributed by atoms with van der Waals surface area (Å²) in [5.41, 5.74) is 0. The van der Waals surface area contributed by atoms with Gasteiger partial charge >= 0.3 is 5.97 Å². The summed E-state index contributed by atoms with van der Waals surface area (Å²) in [4.78, 5) is 26.2. The topological polar surface area (TPSA) is 58.6 Å². The molecule has 1 N–H and O–H groups in total. The van der Waals surface area contributed by atoms with Gasteiger partial charge in [0.05, 0.1) is 13.2 Å². The Balaban J connectivity index is 2.83. The second-order valence-electron chi connectivity index (χ2n) is 6.22. The maximum Gasteiger partial charge on any atom is 0.328 e. The number of carbonyl (C=O) groups excluding carboxylic acids is 2. The van der Waals surface area contributed by atoms with Crippen molar-refractivity contribution in [3.8, 4) is 0 Å². The molecule has 0 aromatic heterocycles. The van der Waals surface area contributed by atoms with Crippen molar-refractivity contribution in [3.63, 3.8) is 0 Å². The second-order valence-corrected chi connectivity index (χ2v) is 6.22. The van der Waals surface area contributed by atoms with Gasteiger partial charge in [0.2, 0.25) is 5.91 Å². The fourth-order valence-electron chi connectivity index (χ4n) is 2.70. The lowest BCUT2D eigenvalue weighted by atomic mass is 9.97. The van der Waals surface area contributed by atoms with Crippen molar-refractivity contribution in [2.75, 3.05) is 13.7 Å². The van der Waals surface area contributed by atoms with Gasteiger partial charge in [0.15, 0.2) is 0 Å². The van der Waals surface area contributed by atoms with E-state index in [9.17, 15) is 9.59 Å². The van der Waals surface area contributed by atoms with Crippen molar-refractivity contribution in [3.05, 3.63) is 0 Å². The van der Waals surface area contributed by atoms with Crippen LogP contribution in [0, 0.1) is 5.92 Å². The third-order valence-electron chi connectivity index (χ3n) is 3.55. The predicted molar refractivity (Wildman–Crippen MR) is 78.3 cm³/mol. The second kappa shape index (κ2) is 7.62. The van der Waals surface area contributed by atoms with Crippen molar-refractivity contribution in [1.29, 1.82) is 0 Å². The monoisotopic (exact) mass is 284 g/mol. The van der Waals surface area contributed by atoms with Gasteiger partial charge in [-0.05, 0) is 25.2 Å². The molecule has 0 saturated carbocycles. The lowest BCUT2D eigenvalue weighted by molar-refractivity contribution is -0.156. The highest BCUT2D eigenvalue weighted by Crippen LogP contribution is 2.20. The van der Waals surface area contributed by atoms with Gasteiger partial charge in [0, 0.05) is 12.6 Å². The minimum absolute atomic E-state index is 0.0287. The summed E-state index contributed by atoms with van der Waals surface area (Å²) in [6.07, 6.45) is 2.40. The van der Waals surface area contributed by atoms with Crippen LogP contribution in [0.15, 0.2) is 0 Å². The fraction of sp³-hybridized carbons (Fsp3) is 0.867. The van der Waals surface area contributed by atoms with Crippen molar-refractivity contribution in [2.45, 2.75) is 65.1 Å². The standard InChI is InChI=1S/C15H28N2O3/c1-10(2)9-13(15(19)20-5)17-8-6-7-12(14(17)18)16-11(3)4/h10-13,16H,6-9H2,1-5H3. The first-order chi connectivity index (χ1) is 9.36. The van der Waals surface area contributed by atoms with Gasteiger partial charge < -0.3 is 15.0 Å². The van der Waals surface area contributed by atoms with E-state index < -0.39 is 6.04 Å². The number of esters is 1. The Bertz CT molecular complexity index is 342. The van der Waals surface area contributed by atoms with E-state index in [-0.39, 0.29) is 24.0 Å². The highest BCUT2D eigenvalue weighted by molar-refractivity contribution is 5.88. The number of likely N-dealkylation sites (tertiary alicyclic amines) is 1. The molecule has 0 aromatic rings. The summed E-state index contributed by atoms with van der Waals surface area (Å²) in [6.45, 7) is 8.79. The van der Waals surface area contributed by atoms with E-state index in [4.69, 9.17) is 4.74 Å². The highest BCUT2D eigenvalue weighted by atomic mass is 16.5. The molecular weight excluding hydrogens is 256 g/mol. The molecular formula is C15H28N2O3. The van der Waals surface area contributed by atoms with E-state index in [0.717, 1.165) is 12.8 Å². The molecule has 5 heteroatoms. The van der Waals surface area contributed by atoms with E-state index in [1.807, 2.05) is 27.7 Å². The first-order valence-corrected chi connectivity index (χ1v) is 7.51. The SMILES string of the molecule is COC(=O)C(CC(C)C)N1CCCC(NC(C)C)C1=O. The highest BCUT2D eigenvalue weighted by Gasteiger charge is 2.37. The molecule has 0 bridgehead atoms. The summed E-state index contributed by atoms with van der Waals surface area (Å²) in [7, 11) is 1.38. The number of piperidine rings is 1. The lowest BCUT2D eigenvalue weighted by Gasteiger charge is -2.38. The zero-order valence-electron chi connectivity index (χ0n) is 13.3. The number of nitrogens with zero attached hydrogens (tertiary/aromatic N) is 1. The Hall–Kier alpha value is -1.10. The van der Waals surface area contributed by atoms with Crippen LogP contribution in [0.3, 0.4) is 0 Å². The molecule has 1 heterocycles. The smallest absolute Gasteiger partial charge is 0.328 e. The summed E-state index contributed by atoms with van der Waals surface area (Å²) >= 11 is 0. The zero-order chi connectivity index (χ0) is 15.3. The molecule has 1 fully saturated rings. The zero-order valence-corrected chi connectivity index (χ0v) is 13.3. The maximum atomic E-state index is 12.6. The van der Waals surface area contributed by atoms with Crippen LogP contribution in [0.1, 0.15) is 47.0 Å². The fourth-order valence-corrected chi connectivity index (χ4v) is 2.70. The minimum atomic E-state index is -0.454. The van der Waals surface area contributed by atoms with Crippen LogP contribution < -0.4 is 5.32 Å². The van der Waals surface area contributed by atoms with Gasteiger partial charge in [0.1, 0.15) is 6.04 Å². The van der Waals surface area contributed by atoms with Gasteiger partial charge in [-0.25, -0.2) is 4.79 Å².